The van der Waals surface area contributed by atoms with Crippen LogP contribution in [0.5, 0.6) is 0 Å². The van der Waals surface area contributed by atoms with Crippen LogP contribution in [0.1, 0.15) is 67.2 Å². The molecule has 0 bridgehead atoms. The summed E-state index contributed by atoms with van der Waals surface area (Å²) in [6.45, 7) is 7.69. The molecule has 6 nitrogen and oxygen atoms in total. The molecule has 178 valence electrons. The Hall–Kier alpha value is -2.82. The quantitative estimate of drug-likeness (QED) is 0.464. The second-order valence-corrected chi connectivity index (χ2v) is 10.3. The van der Waals surface area contributed by atoms with E-state index in [4.69, 9.17) is 14.2 Å². The fraction of sp³-hybridized carbons (Fsp3) is 0.444. The normalized spacial score (nSPS) is 19.3. The number of carbonyl (C=O) groups is 2. The van der Waals surface area contributed by atoms with E-state index in [0.717, 1.165) is 29.7 Å². The molecule has 3 heterocycles. The van der Waals surface area contributed by atoms with E-state index in [1.54, 1.807) is 30.8 Å². The molecule has 1 fully saturated rings. The highest BCUT2D eigenvalue weighted by atomic mass is 32.2. The van der Waals surface area contributed by atoms with Crippen LogP contribution < -0.4 is 0 Å². The van der Waals surface area contributed by atoms with Crippen LogP contribution in [0.3, 0.4) is 0 Å². The summed E-state index contributed by atoms with van der Waals surface area (Å²) >= 11 is 1.60. The number of fused-ring (bicyclic) bond motifs is 1. The Morgan fingerprint density at radius 3 is 2.68 bits per heavy atom. The molecular weight excluding hydrogens is 450 g/mol. The summed E-state index contributed by atoms with van der Waals surface area (Å²) in [5.41, 5.74) is 2.73. The molecule has 4 rings (SSSR count). The molecule has 1 atom stereocenters. The van der Waals surface area contributed by atoms with Gasteiger partial charge in [-0.05, 0) is 67.0 Å². The van der Waals surface area contributed by atoms with Crippen molar-refractivity contribution in [2.24, 2.45) is 5.92 Å². The van der Waals surface area contributed by atoms with Gasteiger partial charge in [0.25, 0.3) is 0 Å². The number of thioether (sulfide) groups is 1. The van der Waals surface area contributed by atoms with Crippen LogP contribution in [0, 0.1) is 17.8 Å². The van der Waals surface area contributed by atoms with Gasteiger partial charge in [-0.1, -0.05) is 31.5 Å². The summed E-state index contributed by atoms with van der Waals surface area (Å²) in [5.74, 6) is 5.68. The molecule has 1 aromatic heterocycles. The molecule has 0 saturated carbocycles. The van der Waals surface area contributed by atoms with E-state index in [1.807, 2.05) is 6.07 Å². The first-order chi connectivity index (χ1) is 16.4. The first-order valence-electron chi connectivity index (χ1n) is 11.6. The molecule has 0 amide bonds. The largest absolute Gasteiger partial charge is 0.462 e. The Morgan fingerprint density at radius 1 is 1.18 bits per heavy atom. The predicted octanol–water partition coefficient (Wildman–Crippen LogP) is 4.73. The van der Waals surface area contributed by atoms with Gasteiger partial charge in [-0.3, -0.25) is 4.79 Å². The molecule has 0 N–H and O–H groups in total. The molecule has 0 radical (unpaired) electrons. The first kappa shape index (κ1) is 24.3. The third-order valence-corrected chi connectivity index (χ3v) is 7.19. The lowest BCUT2D eigenvalue weighted by molar-refractivity contribution is -0.153. The van der Waals surface area contributed by atoms with Crippen molar-refractivity contribution in [3.8, 4) is 11.8 Å². The Labute approximate surface area is 204 Å². The van der Waals surface area contributed by atoms with Crippen molar-refractivity contribution in [1.29, 1.82) is 0 Å². The lowest BCUT2D eigenvalue weighted by Crippen LogP contribution is -2.33. The maximum atomic E-state index is 12.6. The molecule has 1 aromatic carbocycles. The number of carbonyl (C=O) groups excluding carboxylic acids is 2. The Balaban J connectivity index is 1.45. The Kier molecular flexibility index (Phi) is 7.60. The highest BCUT2D eigenvalue weighted by molar-refractivity contribution is 7.99. The summed E-state index contributed by atoms with van der Waals surface area (Å²) in [7, 11) is 0. The molecule has 1 unspecified atom stereocenters. The van der Waals surface area contributed by atoms with Crippen molar-refractivity contribution in [3.05, 3.63) is 58.9 Å². The minimum atomic E-state index is -0.388. The molecule has 34 heavy (non-hydrogen) atoms. The number of hydrogen-bond donors (Lipinski definition) is 0. The van der Waals surface area contributed by atoms with Crippen molar-refractivity contribution >= 4 is 23.7 Å². The third kappa shape index (κ3) is 5.81. The summed E-state index contributed by atoms with van der Waals surface area (Å²) in [4.78, 5) is 29.7. The van der Waals surface area contributed by atoms with Crippen molar-refractivity contribution in [1.82, 2.24) is 4.98 Å². The average molecular weight is 480 g/mol. The monoisotopic (exact) mass is 479 g/mol. The fourth-order valence-electron chi connectivity index (χ4n) is 4.11. The number of ether oxygens (including phenoxy) is 3. The summed E-state index contributed by atoms with van der Waals surface area (Å²) < 4.78 is 16.2. The second-order valence-electron chi connectivity index (χ2n) is 9.07. The lowest BCUT2D eigenvalue weighted by Gasteiger charge is -2.37. The Bertz CT molecular complexity index is 1110. The molecule has 2 aliphatic heterocycles. The summed E-state index contributed by atoms with van der Waals surface area (Å²) in [6, 6.07) is 9.53. The SMILES string of the molecule is CCOC(=O)c1ccc(C#Cc2ccc3c(c2)C(C)(C)CC(OC(=O)C2CCOCC2)S3)nc1. The molecule has 2 aliphatic rings. The number of aromatic nitrogens is 1. The average Bonchev–Trinajstić information content (AvgIpc) is 2.83. The predicted molar refractivity (Wildman–Crippen MR) is 130 cm³/mol. The zero-order chi connectivity index (χ0) is 24.1. The number of rotatable bonds is 4. The van der Waals surface area contributed by atoms with Gasteiger partial charge in [0.1, 0.15) is 5.69 Å². The maximum Gasteiger partial charge on any atom is 0.339 e. The second kappa shape index (κ2) is 10.6. The number of pyridine rings is 1. The maximum absolute atomic E-state index is 12.6. The van der Waals surface area contributed by atoms with Crippen molar-refractivity contribution in [2.75, 3.05) is 19.8 Å². The molecule has 0 spiro atoms. The van der Waals surface area contributed by atoms with E-state index in [2.05, 4.69) is 42.8 Å². The van der Waals surface area contributed by atoms with Gasteiger partial charge in [-0.25, -0.2) is 9.78 Å². The highest BCUT2D eigenvalue weighted by Gasteiger charge is 2.36. The van der Waals surface area contributed by atoms with Crippen molar-refractivity contribution in [2.45, 2.75) is 55.8 Å². The standard InChI is InChI=1S/C27H29NO5S/c1-4-32-25(29)20-7-9-21(28-17-20)8-5-18-6-10-23-22(15-18)27(2,3)16-24(34-23)33-26(30)19-11-13-31-14-12-19/h6-7,9-10,15,17,19,24H,4,11-14,16H2,1-3H3. The van der Waals surface area contributed by atoms with Crippen LogP contribution in [0.2, 0.25) is 0 Å². The van der Waals surface area contributed by atoms with Crippen LogP contribution in [-0.2, 0) is 24.4 Å². The molecule has 1 saturated heterocycles. The number of benzene rings is 1. The zero-order valence-corrected chi connectivity index (χ0v) is 20.6. The third-order valence-electron chi connectivity index (χ3n) is 6.06. The van der Waals surface area contributed by atoms with Gasteiger partial charge in [0.15, 0.2) is 5.44 Å². The number of esters is 2. The van der Waals surface area contributed by atoms with Crippen LogP contribution >= 0.6 is 11.8 Å². The van der Waals surface area contributed by atoms with Gasteiger partial charge >= 0.3 is 11.9 Å². The zero-order valence-electron chi connectivity index (χ0n) is 19.8. The van der Waals surface area contributed by atoms with Crippen LogP contribution in [0.25, 0.3) is 0 Å². The van der Waals surface area contributed by atoms with Gasteiger partial charge in [0, 0.05) is 36.3 Å². The van der Waals surface area contributed by atoms with Gasteiger partial charge in [0.2, 0.25) is 0 Å². The van der Waals surface area contributed by atoms with E-state index in [9.17, 15) is 9.59 Å². The minimum Gasteiger partial charge on any atom is -0.462 e. The van der Waals surface area contributed by atoms with E-state index < -0.39 is 0 Å². The lowest BCUT2D eigenvalue weighted by atomic mass is 9.80. The Morgan fingerprint density at radius 2 is 1.97 bits per heavy atom. The topological polar surface area (TPSA) is 74.7 Å². The van der Waals surface area contributed by atoms with Crippen LogP contribution in [-0.4, -0.2) is 42.2 Å². The fourth-order valence-corrected chi connectivity index (χ4v) is 5.65. The first-order valence-corrected chi connectivity index (χ1v) is 12.5. The van der Waals surface area contributed by atoms with E-state index >= 15 is 0 Å². The summed E-state index contributed by atoms with van der Waals surface area (Å²) in [6.07, 6.45) is 3.70. The van der Waals surface area contributed by atoms with Crippen LogP contribution in [0.15, 0.2) is 41.4 Å². The van der Waals surface area contributed by atoms with E-state index in [1.165, 1.54) is 11.8 Å². The van der Waals surface area contributed by atoms with Crippen molar-refractivity contribution in [3.63, 3.8) is 0 Å². The summed E-state index contributed by atoms with van der Waals surface area (Å²) in [5, 5.41) is 0. The van der Waals surface area contributed by atoms with Gasteiger partial charge in [-0.15, -0.1) is 0 Å². The van der Waals surface area contributed by atoms with Crippen molar-refractivity contribution < 1.29 is 23.8 Å². The van der Waals surface area contributed by atoms with Gasteiger partial charge in [0.05, 0.1) is 18.1 Å². The van der Waals surface area contributed by atoms with E-state index in [0.29, 0.717) is 31.1 Å². The van der Waals surface area contributed by atoms with Crippen LogP contribution in [0.4, 0.5) is 0 Å². The number of hydrogen-bond acceptors (Lipinski definition) is 7. The molecule has 2 aromatic rings. The molecular formula is C27H29NO5S. The smallest absolute Gasteiger partial charge is 0.339 e. The molecule has 0 aliphatic carbocycles. The highest BCUT2D eigenvalue weighted by Crippen LogP contribution is 2.46. The number of nitrogens with zero attached hydrogens (tertiary/aromatic N) is 1. The van der Waals surface area contributed by atoms with E-state index in [-0.39, 0.29) is 28.7 Å². The van der Waals surface area contributed by atoms with Gasteiger partial charge < -0.3 is 14.2 Å². The minimum absolute atomic E-state index is 0.0588. The van der Waals surface area contributed by atoms with Gasteiger partial charge in [-0.2, -0.15) is 0 Å². The molecule has 7 heteroatoms.